The number of alkyl carbamates (subject to hydrolysis) is 1. The molecule has 0 unspecified atom stereocenters. The summed E-state index contributed by atoms with van der Waals surface area (Å²) in [6.07, 6.45) is 0.562. The van der Waals surface area contributed by atoms with Crippen LogP contribution in [0.1, 0.15) is 26.3 Å². The van der Waals surface area contributed by atoms with E-state index in [0.717, 1.165) is 5.56 Å². The Labute approximate surface area is 181 Å². The fourth-order valence-corrected chi connectivity index (χ4v) is 2.55. The van der Waals surface area contributed by atoms with Crippen molar-refractivity contribution in [2.75, 3.05) is 5.32 Å². The highest BCUT2D eigenvalue weighted by atomic mass is 16.5. The Hall–Kier alpha value is -3.81. The molecule has 3 amide bonds. The van der Waals surface area contributed by atoms with E-state index in [4.69, 9.17) is 10.5 Å². The highest BCUT2D eigenvalue weighted by Crippen LogP contribution is 2.18. The van der Waals surface area contributed by atoms with Gasteiger partial charge in [0.25, 0.3) is 5.91 Å². The summed E-state index contributed by atoms with van der Waals surface area (Å²) in [6.45, 7) is 5.16. The summed E-state index contributed by atoms with van der Waals surface area (Å²) >= 11 is 0. The van der Waals surface area contributed by atoms with Crippen molar-refractivity contribution in [3.63, 3.8) is 0 Å². The zero-order valence-corrected chi connectivity index (χ0v) is 17.8. The zero-order chi connectivity index (χ0) is 22.9. The summed E-state index contributed by atoms with van der Waals surface area (Å²) in [5.41, 5.74) is 5.45. The van der Waals surface area contributed by atoms with Crippen LogP contribution < -0.4 is 21.7 Å². The first-order valence-electron chi connectivity index (χ1n) is 9.84. The highest BCUT2D eigenvalue weighted by molar-refractivity contribution is 6.00. The molecule has 0 bridgehead atoms. The van der Waals surface area contributed by atoms with E-state index in [1.165, 1.54) is 6.20 Å². The van der Waals surface area contributed by atoms with Gasteiger partial charge in [-0.25, -0.2) is 4.79 Å². The molecule has 0 aliphatic rings. The Morgan fingerprint density at radius 1 is 1.03 bits per heavy atom. The van der Waals surface area contributed by atoms with Crippen LogP contribution in [0.4, 0.5) is 10.5 Å². The van der Waals surface area contributed by atoms with E-state index >= 15 is 0 Å². The van der Waals surface area contributed by atoms with Crippen LogP contribution in [0.2, 0.25) is 0 Å². The lowest BCUT2D eigenvalue weighted by Crippen LogP contribution is -2.60. The summed E-state index contributed by atoms with van der Waals surface area (Å²) in [6, 6.07) is 18.3. The quantitative estimate of drug-likeness (QED) is 0.461. The Morgan fingerprint density at radius 2 is 1.61 bits per heavy atom. The maximum Gasteiger partial charge on any atom is 0.408 e. The summed E-state index contributed by atoms with van der Waals surface area (Å²) in [5, 5.41) is 8.01. The van der Waals surface area contributed by atoms with Crippen LogP contribution >= 0.6 is 0 Å². The molecular formula is C23H28N4O4. The molecule has 0 saturated carbocycles. The number of amides is 3. The van der Waals surface area contributed by atoms with Gasteiger partial charge in [-0.3, -0.25) is 9.59 Å². The lowest BCUT2D eigenvalue weighted by Gasteiger charge is -2.33. The molecule has 0 radical (unpaired) electrons. The van der Waals surface area contributed by atoms with Crippen LogP contribution in [0.25, 0.3) is 0 Å². The van der Waals surface area contributed by atoms with Gasteiger partial charge >= 0.3 is 6.09 Å². The fourth-order valence-electron chi connectivity index (χ4n) is 2.55. The van der Waals surface area contributed by atoms with E-state index in [1.807, 2.05) is 48.5 Å². The molecule has 164 valence electrons. The minimum absolute atomic E-state index is 0.0654. The number of benzene rings is 2. The number of rotatable bonds is 9. The normalized spacial score (nSPS) is 13.1. The average molecular weight is 425 g/mol. The smallest absolute Gasteiger partial charge is 0.408 e. The van der Waals surface area contributed by atoms with E-state index in [2.05, 4.69) is 16.0 Å². The van der Waals surface area contributed by atoms with Gasteiger partial charge in [-0.2, -0.15) is 0 Å². The van der Waals surface area contributed by atoms with E-state index in [0.29, 0.717) is 5.69 Å². The zero-order valence-electron chi connectivity index (χ0n) is 17.8. The van der Waals surface area contributed by atoms with Crippen LogP contribution in [-0.4, -0.2) is 23.4 Å². The number of primary amides is 1. The molecule has 0 aromatic heterocycles. The van der Waals surface area contributed by atoms with Crippen LogP contribution in [0.15, 0.2) is 72.6 Å². The molecule has 8 nitrogen and oxygen atoms in total. The van der Waals surface area contributed by atoms with Crippen molar-refractivity contribution in [1.29, 1.82) is 0 Å². The molecule has 8 heteroatoms. The first-order chi connectivity index (χ1) is 14.7. The summed E-state index contributed by atoms with van der Waals surface area (Å²) < 4.78 is 5.23. The number of hydrogen-bond acceptors (Lipinski definition) is 5. The molecule has 2 rings (SSSR count). The number of nitrogens with one attached hydrogen (secondary N) is 3. The SMILES string of the molecule is CC(C)[C@](C)(NC(=O)OCc1ccccc1)C(=O)NC(=CNc1ccccc1)C(N)=O. The number of nitrogens with two attached hydrogens (primary N) is 1. The summed E-state index contributed by atoms with van der Waals surface area (Å²) in [4.78, 5) is 37.1. The Morgan fingerprint density at radius 3 is 2.16 bits per heavy atom. The molecule has 2 aromatic rings. The number of anilines is 1. The van der Waals surface area contributed by atoms with Gasteiger partial charge in [-0.15, -0.1) is 0 Å². The Kier molecular flexibility index (Phi) is 8.19. The minimum Gasteiger partial charge on any atom is -0.445 e. The summed E-state index contributed by atoms with van der Waals surface area (Å²) in [7, 11) is 0. The molecule has 0 aliphatic carbocycles. The molecule has 2 aromatic carbocycles. The molecule has 0 aliphatic heterocycles. The second-order valence-corrected chi connectivity index (χ2v) is 7.43. The average Bonchev–Trinajstić information content (AvgIpc) is 2.76. The molecule has 5 N–H and O–H groups in total. The van der Waals surface area contributed by atoms with Crippen molar-refractivity contribution < 1.29 is 19.1 Å². The minimum atomic E-state index is -1.35. The van der Waals surface area contributed by atoms with E-state index in [-0.39, 0.29) is 18.2 Å². The maximum atomic E-state index is 13.0. The lowest BCUT2D eigenvalue weighted by atomic mass is 9.87. The standard InChI is InChI=1S/C23H28N4O4/c1-16(2)23(3,27-22(30)31-15-17-10-6-4-7-11-17)21(29)26-19(20(24)28)14-25-18-12-8-5-9-13-18/h4-14,16,25H,15H2,1-3H3,(H2,24,28)(H,26,29)(H,27,30)/t23-/m0/s1. The van der Waals surface area contributed by atoms with Crippen LogP contribution in [0, 0.1) is 5.92 Å². The fraction of sp³-hybridized carbons (Fsp3) is 0.261. The van der Waals surface area contributed by atoms with E-state index < -0.39 is 23.4 Å². The van der Waals surface area contributed by atoms with Crippen molar-refractivity contribution in [3.8, 4) is 0 Å². The Bertz CT molecular complexity index is 929. The van der Waals surface area contributed by atoms with Gasteiger partial charge in [0.1, 0.15) is 17.8 Å². The van der Waals surface area contributed by atoms with Gasteiger partial charge in [-0.1, -0.05) is 62.4 Å². The molecule has 0 heterocycles. The maximum absolute atomic E-state index is 13.0. The number of hydrogen-bond donors (Lipinski definition) is 4. The topological polar surface area (TPSA) is 123 Å². The van der Waals surface area contributed by atoms with Crippen molar-refractivity contribution in [2.24, 2.45) is 11.7 Å². The van der Waals surface area contributed by atoms with Crippen molar-refractivity contribution >= 4 is 23.6 Å². The third kappa shape index (κ3) is 6.88. The van der Waals surface area contributed by atoms with Gasteiger partial charge < -0.3 is 26.4 Å². The lowest BCUT2D eigenvalue weighted by molar-refractivity contribution is -0.129. The van der Waals surface area contributed by atoms with E-state index in [1.54, 1.807) is 32.9 Å². The predicted octanol–water partition coefficient (Wildman–Crippen LogP) is 2.88. The first-order valence-corrected chi connectivity index (χ1v) is 9.84. The van der Waals surface area contributed by atoms with Gasteiger partial charge in [0.2, 0.25) is 5.91 Å². The number of para-hydroxylation sites is 1. The third-order valence-corrected chi connectivity index (χ3v) is 4.87. The van der Waals surface area contributed by atoms with Gasteiger partial charge in [0.15, 0.2) is 0 Å². The highest BCUT2D eigenvalue weighted by Gasteiger charge is 2.39. The molecular weight excluding hydrogens is 396 g/mol. The van der Waals surface area contributed by atoms with Crippen molar-refractivity contribution in [2.45, 2.75) is 32.9 Å². The van der Waals surface area contributed by atoms with Crippen LogP contribution in [0.3, 0.4) is 0 Å². The molecule has 0 spiro atoms. The molecule has 1 atom stereocenters. The molecule has 31 heavy (non-hydrogen) atoms. The number of ether oxygens (including phenoxy) is 1. The Balaban J connectivity index is 2.07. The van der Waals surface area contributed by atoms with Crippen molar-refractivity contribution in [1.82, 2.24) is 10.6 Å². The van der Waals surface area contributed by atoms with Gasteiger partial charge in [0.05, 0.1) is 0 Å². The van der Waals surface area contributed by atoms with E-state index in [9.17, 15) is 14.4 Å². The van der Waals surface area contributed by atoms with Gasteiger partial charge in [0, 0.05) is 11.9 Å². The monoisotopic (exact) mass is 424 g/mol. The second kappa shape index (κ2) is 10.8. The largest absolute Gasteiger partial charge is 0.445 e. The second-order valence-electron chi connectivity index (χ2n) is 7.43. The third-order valence-electron chi connectivity index (χ3n) is 4.87. The predicted molar refractivity (Wildman–Crippen MR) is 118 cm³/mol. The summed E-state index contributed by atoms with van der Waals surface area (Å²) in [5.74, 6) is -1.73. The van der Waals surface area contributed by atoms with Gasteiger partial charge in [-0.05, 0) is 30.5 Å². The molecule has 0 fully saturated rings. The van der Waals surface area contributed by atoms with Crippen LogP contribution in [0.5, 0.6) is 0 Å². The first kappa shape index (κ1) is 23.5. The number of carbonyl (C=O) groups is 3. The van der Waals surface area contributed by atoms with Crippen LogP contribution in [-0.2, 0) is 20.9 Å². The number of carbonyl (C=O) groups excluding carboxylic acids is 3. The molecule has 0 saturated heterocycles. The van der Waals surface area contributed by atoms with Crippen molar-refractivity contribution in [3.05, 3.63) is 78.1 Å².